The Balaban J connectivity index is 1.33. The van der Waals surface area contributed by atoms with Crippen molar-refractivity contribution < 1.29 is 13.2 Å². The zero-order chi connectivity index (χ0) is 24.4. The smallest absolute Gasteiger partial charge is 0.261 e. The Labute approximate surface area is 202 Å². The molecule has 1 aromatic heterocycles. The lowest BCUT2D eigenvalue weighted by Crippen LogP contribution is -2.12. The number of amides is 1. The fourth-order valence-corrected chi connectivity index (χ4v) is 4.70. The Morgan fingerprint density at radius 2 is 1.51 bits per heavy atom. The van der Waals surface area contributed by atoms with Crippen molar-refractivity contribution in [3.05, 3.63) is 108 Å². The van der Waals surface area contributed by atoms with E-state index in [0.717, 1.165) is 11.1 Å². The van der Waals surface area contributed by atoms with Crippen LogP contribution in [0.2, 0.25) is 0 Å². The number of carbonyl (C=O) groups excluding carboxylic acids is 1. The molecule has 0 spiro atoms. The fraction of sp³-hybridized carbons (Fsp3) is 0.0370. The number of rotatable bonds is 6. The van der Waals surface area contributed by atoms with Crippen molar-refractivity contribution >= 4 is 38.3 Å². The van der Waals surface area contributed by atoms with Crippen LogP contribution in [-0.2, 0) is 10.0 Å². The molecule has 5 aromatic rings. The normalized spacial score (nSPS) is 11.3. The molecule has 174 valence electrons. The SMILES string of the molecule is Cc1ccc(S(=O)(=O)Nc2ccc3nc(-c4ccc(NC(=O)c5ccccc5)cc4)[nH]c3c2)cc1. The lowest BCUT2D eigenvalue weighted by Gasteiger charge is -2.08. The summed E-state index contributed by atoms with van der Waals surface area (Å²) in [5.41, 5.74) is 4.93. The summed E-state index contributed by atoms with van der Waals surface area (Å²) in [6.45, 7) is 1.90. The molecule has 0 fully saturated rings. The Morgan fingerprint density at radius 3 is 2.23 bits per heavy atom. The van der Waals surface area contributed by atoms with Gasteiger partial charge in [-0.05, 0) is 73.7 Å². The van der Waals surface area contributed by atoms with E-state index < -0.39 is 10.0 Å². The maximum absolute atomic E-state index is 12.7. The number of imidazole rings is 1. The first-order valence-electron chi connectivity index (χ1n) is 10.9. The van der Waals surface area contributed by atoms with Crippen LogP contribution in [0, 0.1) is 6.92 Å². The summed E-state index contributed by atoms with van der Waals surface area (Å²) in [6, 6.07) is 28.2. The molecule has 4 aromatic carbocycles. The van der Waals surface area contributed by atoms with Gasteiger partial charge in [0.2, 0.25) is 0 Å². The summed E-state index contributed by atoms with van der Waals surface area (Å²) in [5.74, 6) is 0.460. The molecular weight excluding hydrogens is 460 g/mol. The second-order valence-corrected chi connectivity index (χ2v) is 9.82. The number of nitrogens with zero attached hydrogens (tertiary/aromatic N) is 1. The van der Waals surface area contributed by atoms with Crippen LogP contribution in [0.15, 0.2) is 102 Å². The molecule has 1 amide bonds. The van der Waals surface area contributed by atoms with E-state index in [0.29, 0.717) is 33.8 Å². The Hall–Kier alpha value is -4.43. The lowest BCUT2D eigenvalue weighted by atomic mass is 10.1. The molecule has 0 atom stereocenters. The summed E-state index contributed by atoms with van der Waals surface area (Å²) in [4.78, 5) is 20.4. The van der Waals surface area contributed by atoms with E-state index in [1.807, 2.05) is 49.4 Å². The van der Waals surface area contributed by atoms with Gasteiger partial charge in [-0.2, -0.15) is 0 Å². The topological polar surface area (TPSA) is 104 Å². The summed E-state index contributed by atoms with van der Waals surface area (Å²) in [7, 11) is -3.70. The third-order valence-corrected chi connectivity index (χ3v) is 6.91. The molecule has 5 rings (SSSR count). The average molecular weight is 483 g/mol. The molecular formula is C27H22N4O3S. The van der Waals surface area contributed by atoms with Gasteiger partial charge in [-0.1, -0.05) is 35.9 Å². The molecule has 0 bridgehead atoms. The van der Waals surface area contributed by atoms with Crippen molar-refractivity contribution in [3.63, 3.8) is 0 Å². The summed E-state index contributed by atoms with van der Waals surface area (Å²) >= 11 is 0. The predicted molar refractivity (Wildman–Crippen MR) is 138 cm³/mol. The molecule has 0 radical (unpaired) electrons. The molecule has 35 heavy (non-hydrogen) atoms. The van der Waals surface area contributed by atoms with Gasteiger partial charge in [0.1, 0.15) is 5.82 Å². The first kappa shape index (κ1) is 22.4. The number of hydrogen-bond donors (Lipinski definition) is 3. The minimum Gasteiger partial charge on any atom is -0.338 e. The zero-order valence-corrected chi connectivity index (χ0v) is 19.6. The highest BCUT2D eigenvalue weighted by atomic mass is 32.2. The Morgan fingerprint density at radius 1 is 0.829 bits per heavy atom. The van der Waals surface area contributed by atoms with E-state index in [2.05, 4.69) is 20.0 Å². The summed E-state index contributed by atoms with van der Waals surface area (Å²) in [6.07, 6.45) is 0. The van der Waals surface area contributed by atoms with Gasteiger partial charge in [0, 0.05) is 16.8 Å². The van der Waals surface area contributed by atoms with E-state index >= 15 is 0 Å². The Bertz CT molecular complexity index is 1610. The fourth-order valence-electron chi connectivity index (χ4n) is 3.65. The largest absolute Gasteiger partial charge is 0.338 e. The van der Waals surface area contributed by atoms with E-state index in [4.69, 9.17) is 0 Å². The van der Waals surface area contributed by atoms with Gasteiger partial charge >= 0.3 is 0 Å². The lowest BCUT2D eigenvalue weighted by molar-refractivity contribution is 0.102. The molecule has 0 saturated heterocycles. The molecule has 0 aliphatic heterocycles. The van der Waals surface area contributed by atoms with E-state index in [9.17, 15) is 13.2 Å². The number of sulfonamides is 1. The average Bonchev–Trinajstić information content (AvgIpc) is 3.28. The second-order valence-electron chi connectivity index (χ2n) is 8.13. The van der Waals surface area contributed by atoms with E-state index in [-0.39, 0.29) is 10.8 Å². The molecule has 0 unspecified atom stereocenters. The number of hydrogen-bond acceptors (Lipinski definition) is 4. The number of fused-ring (bicyclic) bond motifs is 1. The number of aromatic amines is 1. The van der Waals surface area contributed by atoms with Crippen LogP contribution in [0.4, 0.5) is 11.4 Å². The third-order valence-electron chi connectivity index (χ3n) is 5.52. The minimum atomic E-state index is -3.70. The van der Waals surface area contributed by atoms with Crippen LogP contribution in [0.3, 0.4) is 0 Å². The van der Waals surface area contributed by atoms with Crippen molar-refractivity contribution in [1.29, 1.82) is 0 Å². The monoisotopic (exact) mass is 482 g/mol. The van der Waals surface area contributed by atoms with Crippen molar-refractivity contribution in [2.75, 3.05) is 10.0 Å². The highest BCUT2D eigenvalue weighted by Gasteiger charge is 2.15. The highest BCUT2D eigenvalue weighted by molar-refractivity contribution is 7.92. The molecule has 7 nitrogen and oxygen atoms in total. The number of H-pyrrole nitrogens is 1. The number of carbonyl (C=O) groups is 1. The maximum atomic E-state index is 12.7. The van der Waals surface area contributed by atoms with Crippen LogP contribution in [-0.4, -0.2) is 24.3 Å². The minimum absolute atomic E-state index is 0.178. The van der Waals surface area contributed by atoms with Crippen LogP contribution in [0.1, 0.15) is 15.9 Å². The number of aromatic nitrogens is 2. The predicted octanol–water partition coefficient (Wildman–Crippen LogP) is 5.59. The highest BCUT2D eigenvalue weighted by Crippen LogP contribution is 2.25. The first-order chi connectivity index (χ1) is 16.9. The molecule has 1 heterocycles. The van der Waals surface area contributed by atoms with Crippen LogP contribution >= 0.6 is 0 Å². The van der Waals surface area contributed by atoms with Crippen LogP contribution < -0.4 is 10.0 Å². The molecule has 3 N–H and O–H groups in total. The number of benzene rings is 4. The molecule has 8 heteroatoms. The van der Waals surface area contributed by atoms with Gasteiger partial charge in [0.15, 0.2) is 0 Å². The quantitative estimate of drug-likeness (QED) is 0.293. The summed E-state index contributed by atoms with van der Waals surface area (Å²) < 4.78 is 28.0. The number of anilines is 2. The van der Waals surface area contributed by atoms with Gasteiger partial charge in [0.05, 0.1) is 21.6 Å². The first-order valence-corrected chi connectivity index (χ1v) is 12.4. The van der Waals surface area contributed by atoms with Crippen LogP contribution in [0.25, 0.3) is 22.4 Å². The summed E-state index contributed by atoms with van der Waals surface area (Å²) in [5, 5.41) is 2.87. The second kappa shape index (κ2) is 9.08. The number of nitrogens with one attached hydrogen (secondary N) is 3. The molecule has 0 saturated carbocycles. The van der Waals surface area contributed by atoms with Crippen molar-refractivity contribution in [2.45, 2.75) is 11.8 Å². The number of aryl methyl sites for hydroxylation is 1. The Kier molecular flexibility index (Phi) is 5.80. The molecule has 0 aliphatic carbocycles. The molecule has 0 aliphatic rings. The van der Waals surface area contributed by atoms with Crippen molar-refractivity contribution in [1.82, 2.24) is 9.97 Å². The van der Waals surface area contributed by atoms with Gasteiger partial charge in [-0.3, -0.25) is 9.52 Å². The van der Waals surface area contributed by atoms with Crippen molar-refractivity contribution in [3.8, 4) is 11.4 Å². The van der Waals surface area contributed by atoms with Gasteiger partial charge in [-0.25, -0.2) is 13.4 Å². The van der Waals surface area contributed by atoms with Crippen LogP contribution in [0.5, 0.6) is 0 Å². The third kappa shape index (κ3) is 4.92. The van der Waals surface area contributed by atoms with E-state index in [1.165, 1.54) is 0 Å². The standard InChI is InChI=1S/C27H22N4O3S/c1-18-7-14-23(15-8-18)35(33,34)31-22-13-16-24-25(17-22)30-26(29-24)19-9-11-21(12-10-19)28-27(32)20-5-3-2-4-6-20/h2-17,31H,1H3,(H,28,32)(H,29,30). The van der Waals surface area contributed by atoms with Gasteiger partial charge in [0.25, 0.3) is 15.9 Å². The van der Waals surface area contributed by atoms with E-state index in [1.54, 1.807) is 54.6 Å². The van der Waals surface area contributed by atoms with Gasteiger partial charge < -0.3 is 10.3 Å². The van der Waals surface area contributed by atoms with Crippen molar-refractivity contribution in [2.24, 2.45) is 0 Å². The van der Waals surface area contributed by atoms with Gasteiger partial charge in [-0.15, -0.1) is 0 Å². The maximum Gasteiger partial charge on any atom is 0.261 e. The zero-order valence-electron chi connectivity index (χ0n) is 18.8.